The lowest BCUT2D eigenvalue weighted by Crippen LogP contribution is -2.54. The first kappa shape index (κ1) is 19.6. The van der Waals surface area contributed by atoms with Gasteiger partial charge in [-0.3, -0.25) is 9.59 Å². The van der Waals surface area contributed by atoms with Gasteiger partial charge in [0.1, 0.15) is 5.82 Å². The molecule has 2 amide bonds. The van der Waals surface area contributed by atoms with E-state index in [1.165, 1.54) is 0 Å². The van der Waals surface area contributed by atoms with Gasteiger partial charge in [0.25, 0.3) is 5.91 Å². The standard InChI is InChI=1S/C21H32N4O2/c1-16(2)8-13-24-14-21(10-7-18(24)26)9-5-12-25(15-21)19-17(20(27)22-3)6-4-11-23-19/h4,6,11,16H,5,7-10,12-15H2,1-3H3,(H,22,27)/t21-/m1/s1. The molecule has 148 valence electrons. The Morgan fingerprint density at radius 1 is 1.33 bits per heavy atom. The van der Waals surface area contributed by atoms with Crippen LogP contribution in [0.4, 0.5) is 5.82 Å². The molecule has 1 aromatic rings. The van der Waals surface area contributed by atoms with Crippen molar-refractivity contribution in [3.05, 3.63) is 23.9 Å². The van der Waals surface area contributed by atoms with Gasteiger partial charge in [0.2, 0.25) is 5.91 Å². The van der Waals surface area contributed by atoms with Crippen molar-refractivity contribution in [2.24, 2.45) is 11.3 Å². The van der Waals surface area contributed by atoms with Gasteiger partial charge >= 0.3 is 0 Å². The molecular weight excluding hydrogens is 340 g/mol. The highest BCUT2D eigenvalue weighted by atomic mass is 16.2. The van der Waals surface area contributed by atoms with E-state index in [2.05, 4.69) is 33.9 Å². The second-order valence-electron chi connectivity index (χ2n) is 8.48. The lowest BCUT2D eigenvalue weighted by molar-refractivity contribution is -0.138. The molecule has 0 saturated carbocycles. The van der Waals surface area contributed by atoms with Crippen LogP contribution in [0.25, 0.3) is 0 Å². The predicted octanol–water partition coefficient (Wildman–Crippen LogP) is 2.70. The van der Waals surface area contributed by atoms with Crippen LogP contribution in [0.5, 0.6) is 0 Å². The van der Waals surface area contributed by atoms with Crippen LogP contribution in [0.3, 0.4) is 0 Å². The van der Waals surface area contributed by atoms with E-state index in [-0.39, 0.29) is 11.3 Å². The van der Waals surface area contributed by atoms with Gasteiger partial charge in [-0.1, -0.05) is 13.8 Å². The summed E-state index contributed by atoms with van der Waals surface area (Å²) in [6.45, 7) is 7.85. The third-order valence-corrected chi connectivity index (χ3v) is 5.94. The zero-order valence-corrected chi connectivity index (χ0v) is 16.8. The van der Waals surface area contributed by atoms with Crippen LogP contribution in [0.2, 0.25) is 0 Å². The lowest BCUT2D eigenvalue weighted by atomic mass is 9.73. The summed E-state index contributed by atoms with van der Waals surface area (Å²) in [4.78, 5) is 33.5. The number of carbonyl (C=O) groups is 2. The summed E-state index contributed by atoms with van der Waals surface area (Å²) in [5.74, 6) is 1.56. The second kappa shape index (κ2) is 8.28. The van der Waals surface area contributed by atoms with Crippen molar-refractivity contribution < 1.29 is 9.59 Å². The average molecular weight is 373 g/mol. The van der Waals surface area contributed by atoms with Crippen molar-refractivity contribution in [3.8, 4) is 0 Å². The van der Waals surface area contributed by atoms with Crippen LogP contribution in [0.15, 0.2) is 18.3 Å². The third kappa shape index (κ3) is 4.42. The number of amides is 2. The molecule has 2 aliphatic heterocycles. The fraction of sp³-hybridized carbons (Fsp3) is 0.667. The van der Waals surface area contributed by atoms with Crippen LogP contribution < -0.4 is 10.2 Å². The van der Waals surface area contributed by atoms with Gasteiger partial charge in [-0.05, 0) is 43.7 Å². The maximum Gasteiger partial charge on any atom is 0.254 e. The molecule has 2 fully saturated rings. The van der Waals surface area contributed by atoms with Crippen molar-refractivity contribution in [3.63, 3.8) is 0 Å². The maximum atomic E-state index is 12.4. The molecule has 0 bridgehead atoms. The number of piperidine rings is 2. The molecule has 3 heterocycles. The summed E-state index contributed by atoms with van der Waals surface area (Å²) in [7, 11) is 1.65. The van der Waals surface area contributed by atoms with E-state index in [1.807, 2.05) is 6.07 Å². The van der Waals surface area contributed by atoms with Gasteiger partial charge in [0.05, 0.1) is 5.56 Å². The first-order chi connectivity index (χ1) is 12.9. The normalized spacial score (nSPS) is 23.2. The second-order valence-corrected chi connectivity index (χ2v) is 8.48. The van der Waals surface area contributed by atoms with Gasteiger partial charge in [0, 0.05) is 51.3 Å². The first-order valence-electron chi connectivity index (χ1n) is 10.1. The number of anilines is 1. The Hall–Kier alpha value is -2.11. The van der Waals surface area contributed by atoms with E-state index in [4.69, 9.17) is 0 Å². The van der Waals surface area contributed by atoms with E-state index in [9.17, 15) is 9.59 Å². The number of rotatable bonds is 5. The van der Waals surface area contributed by atoms with E-state index >= 15 is 0 Å². The molecule has 0 radical (unpaired) electrons. The molecule has 27 heavy (non-hydrogen) atoms. The zero-order valence-electron chi connectivity index (χ0n) is 16.8. The third-order valence-electron chi connectivity index (χ3n) is 5.94. The van der Waals surface area contributed by atoms with Crippen LogP contribution in [-0.2, 0) is 4.79 Å². The summed E-state index contributed by atoms with van der Waals surface area (Å²) >= 11 is 0. The Labute approximate surface area is 162 Å². The van der Waals surface area contributed by atoms with Crippen molar-refractivity contribution in [1.29, 1.82) is 0 Å². The molecule has 6 heteroatoms. The number of pyridine rings is 1. The summed E-state index contributed by atoms with van der Waals surface area (Å²) in [5.41, 5.74) is 0.737. The minimum atomic E-state index is -0.102. The summed E-state index contributed by atoms with van der Waals surface area (Å²) < 4.78 is 0. The fourth-order valence-electron chi connectivity index (χ4n) is 4.40. The van der Waals surface area contributed by atoms with E-state index < -0.39 is 0 Å². The lowest BCUT2D eigenvalue weighted by Gasteiger charge is -2.49. The zero-order chi connectivity index (χ0) is 19.4. The molecule has 1 atom stereocenters. The van der Waals surface area contributed by atoms with Gasteiger partial charge in [-0.15, -0.1) is 0 Å². The Morgan fingerprint density at radius 3 is 2.89 bits per heavy atom. The number of likely N-dealkylation sites (tertiary alicyclic amines) is 1. The van der Waals surface area contributed by atoms with Gasteiger partial charge < -0.3 is 15.1 Å². The number of aromatic nitrogens is 1. The van der Waals surface area contributed by atoms with Crippen LogP contribution in [0, 0.1) is 11.3 Å². The average Bonchev–Trinajstić information content (AvgIpc) is 2.68. The van der Waals surface area contributed by atoms with Crippen LogP contribution in [-0.4, -0.2) is 54.9 Å². The molecule has 0 aliphatic carbocycles. The maximum absolute atomic E-state index is 12.4. The number of hydrogen-bond donors (Lipinski definition) is 1. The Kier molecular flexibility index (Phi) is 6.02. The first-order valence-corrected chi connectivity index (χ1v) is 10.1. The highest BCUT2D eigenvalue weighted by molar-refractivity contribution is 5.98. The molecule has 0 unspecified atom stereocenters. The number of carbonyl (C=O) groups excluding carboxylic acids is 2. The van der Waals surface area contributed by atoms with Crippen molar-refractivity contribution in [2.45, 2.75) is 46.0 Å². The summed E-state index contributed by atoms with van der Waals surface area (Å²) in [6, 6.07) is 3.64. The monoisotopic (exact) mass is 372 g/mol. The van der Waals surface area contributed by atoms with Crippen molar-refractivity contribution >= 4 is 17.6 Å². The molecule has 0 aromatic carbocycles. The number of nitrogens with one attached hydrogen (secondary N) is 1. The predicted molar refractivity (Wildman–Crippen MR) is 107 cm³/mol. The number of nitrogens with zero attached hydrogens (tertiary/aromatic N) is 3. The smallest absolute Gasteiger partial charge is 0.254 e. The summed E-state index contributed by atoms with van der Waals surface area (Å²) in [6.07, 6.45) is 6.57. The minimum Gasteiger partial charge on any atom is -0.355 e. The minimum absolute atomic E-state index is 0.102. The molecule has 2 aliphatic rings. The SMILES string of the molecule is CNC(=O)c1cccnc1N1CCC[C@]2(CCC(=O)N(CCC(C)C)C2)C1. The summed E-state index contributed by atoms with van der Waals surface area (Å²) in [5, 5.41) is 2.71. The quantitative estimate of drug-likeness (QED) is 0.863. The van der Waals surface area contributed by atoms with Gasteiger partial charge in [-0.2, -0.15) is 0 Å². The molecule has 3 rings (SSSR count). The highest BCUT2D eigenvalue weighted by Crippen LogP contribution is 2.40. The molecular formula is C21H32N4O2. The molecule has 1 spiro atoms. The molecule has 1 aromatic heterocycles. The van der Waals surface area contributed by atoms with Crippen LogP contribution in [0.1, 0.15) is 56.3 Å². The molecule has 1 N–H and O–H groups in total. The molecule has 6 nitrogen and oxygen atoms in total. The highest BCUT2D eigenvalue weighted by Gasteiger charge is 2.42. The van der Waals surface area contributed by atoms with Crippen molar-refractivity contribution in [1.82, 2.24) is 15.2 Å². The Balaban J connectivity index is 1.78. The van der Waals surface area contributed by atoms with E-state index in [1.54, 1.807) is 19.3 Å². The Bertz CT molecular complexity index is 691. The topological polar surface area (TPSA) is 65.5 Å². The molecule has 2 saturated heterocycles. The van der Waals surface area contributed by atoms with Crippen molar-refractivity contribution in [2.75, 3.05) is 38.1 Å². The van der Waals surface area contributed by atoms with Crippen LogP contribution >= 0.6 is 0 Å². The van der Waals surface area contributed by atoms with Gasteiger partial charge in [0.15, 0.2) is 0 Å². The largest absolute Gasteiger partial charge is 0.355 e. The Morgan fingerprint density at radius 2 is 2.15 bits per heavy atom. The van der Waals surface area contributed by atoms with Gasteiger partial charge in [-0.25, -0.2) is 4.98 Å². The number of hydrogen-bond acceptors (Lipinski definition) is 4. The van der Waals surface area contributed by atoms with E-state index in [0.29, 0.717) is 23.8 Å². The van der Waals surface area contributed by atoms with E-state index in [0.717, 1.165) is 57.7 Å². The fourth-order valence-corrected chi connectivity index (χ4v) is 4.40.